The van der Waals surface area contributed by atoms with Gasteiger partial charge in [-0.05, 0) is 61.1 Å². The maximum atomic E-state index is 13.3. The molecule has 5 amide bonds. The van der Waals surface area contributed by atoms with E-state index in [2.05, 4.69) is 27.1 Å². The van der Waals surface area contributed by atoms with E-state index in [4.69, 9.17) is 11.6 Å². The SMILES string of the molecule is CCc1c[nH]c2ncc(-c3cccc(N4CCN(C(=O)CCCCCCCN(C)c5cccc6c5CN(C5CCC(=O)NC5=O)C6=O)CC4=O)c3)c(Cl)c12. The Morgan fingerprint density at radius 1 is 0.981 bits per heavy atom. The smallest absolute Gasteiger partial charge is 0.255 e. The van der Waals surface area contributed by atoms with Gasteiger partial charge in [0.25, 0.3) is 5.91 Å². The van der Waals surface area contributed by atoms with E-state index in [0.717, 1.165) is 89.7 Å². The topological polar surface area (TPSA) is 139 Å². The van der Waals surface area contributed by atoms with Crippen LogP contribution in [-0.4, -0.2) is 88.6 Å². The van der Waals surface area contributed by atoms with E-state index in [1.54, 1.807) is 27.0 Å². The number of hydrogen-bond acceptors (Lipinski definition) is 7. The second-order valence-electron chi connectivity index (χ2n) is 14.4. The van der Waals surface area contributed by atoms with Crippen molar-refractivity contribution in [2.75, 3.05) is 43.0 Å². The quantitative estimate of drug-likeness (QED) is 0.129. The molecule has 2 aromatic heterocycles. The van der Waals surface area contributed by atoms with Crippen LogP contribution < -0.4 is 15.1 Å². The molecule has 7 rings (SSSR count). The summed E-state index contributed by atoms with van der Waals surface area (Å²) in [7, 11) is 2.02. The normalized spacial score (nSPS) is 17.4. The van der Waals surface area contributed by atoms with Crippen LogP contribution >= 0.6 is 11.6 Å². The number of piperidine rings is 1. The lowest BCUT2D eigenvalue weighted by Crippen LogP contribution is -2.52. The number of halogens is 1. The van der Waals surface area contributed by atoms with Gasteiger partial charge < -0.3 is 24.6 Å². The second kappa shape index (κ2) is 16.0. The highest BCUT2D eigenvalue weighted by atomic mass is 35.5. The first kappa shape index (κ1) is 37.1. The standard InChI is InChI=1S/C41H46ClN7O5/c1-3-26-22-43-39-37(26)38(42)30(23-44-39)27-11-9-12-28(21-27)48-20-19-47(25-36(48)52)35(51)15-7-5-4-6-8-18-46(2)32-14-10-13-29-31(32)24-49(41(29)54)33-16-17-34(50)45-40(33)53/h9-14,21-23,33H,3-8,15-20,24-25H2,1-2H3,(H,43,44)(H,45,50,53). The number of rotatable bonds is 13. The Kier molecular flexibility index (Phi) is 11.0. The molecule has 13 heteroatoms. The third kappa shape index (κ3) is 7.44. The summed E-state index contributed by atoms with van der Waals surface area (Å²) in [4.78, 5) is 78.5. The van der Waals surface area contributed by atoms with Crippen LogP contribution in [0.3, 0.4) is 0 Å². The zero-order valence-corrected chi connectivity index (χ0v) is 31.6. The number of carbonyl (C=O) groups excluding carboxylic acids is 5. The Bertz CT molecular complexity index is 2110. The molecule has 3 aliphatic heterocycles. The number of imide groups is 1. The number of aromatic nitrogens is 2. The van der Waals surface area contributed by atoms with Gasteiger partial charge in [0.1, 0.15) is 18.2 Å². The molecule has 0 bridgehead atoms. The lowest BCUT2D eigenvalue weighted by Gasteiger charge is -2.34. The first-order valence-corrected chi connectivity index (χ1v) is 19.3. The number of aryl methyl sites for hydroxylation is 1. The number of aromatic amines is 1. The highest BCUT2D eigenvalue weighted by molar-refractivity contribution is 6.38. The number of piperazine rings is 1. The number of unbranched alkanes of at least 4 members (excludes halogenated alkanes) is 4. The van der Waals surface area contributed by atoms with Crippen LogP contribution in [0.5, 0.6) is 0 Å². The third-order valence-corrected chi connectivity index (χ3v) is 11.4. The Balaban J connectivity index is 0.838. The van der Waals surface area contributed by atoms with Crippen LogP contribution in [0, 0.1) is 0 Å². The number of nitrogens with one attached hydrogen (secondary N) is 2. The summed E-state index contributed by atoms with van der Waals surface area (Å²) in [5.74, 6) is -0.965. The van der Waals surface area contributed by atoms with E-state index in [1.807, 2.05) is 49.6 Å². The summed E-state index contributed by atoms with van der Waals surface area (Å²) < 4.78 is 0. The molecule has 2 fully saturated rings. The van der Waals surface area contributed by atoms with Gasteiger partial charge in [-0.1, -0.05) is 56.0 Å². The van der Waals surface area contributed by atoms with Gasteiger partial charge in [0.15, 0.2) is 0 Å². The monoisotopic (exact) mass is 751 g/mol. The second-order valence-corrected chi connectivity index (χ2v) is 14.8. The van der Waals surface area contributed by atoms with Crippen LogP contribution in [0.4, 0.5) is 11.4 Å². The van der Waals surface area contributed by atoms with Crippen LogP contribution in [0.15, 0.2) is 54.9 Å². The minimum Gasteiger partial charge on any atom is -0.374 e. The molecule has 2 saturated heterocycles. The van der Waals surface area contributed by atoms with Crippen LogP contribution in [-0.2, 0) is 32.1 Å². The number of H-pyrrole nitrogens is 1. The number of anilines is 2. The number of fused-ring (bicyclic) bond motifs is 2. The minimum atomic E-state index is -0.634. The van der Waals surface area contributed by atoms with Crippen molar-refractivity contribution in [2.24, 2.45) is 0 Å². The van der Waals surface area contributed by atoms with Crippen LogP contribution in [0.1, 0.15) is 79.8 Å². The average molecular weight is 752 g/mol. The van der Waals surface area contributed by atoms with Gasteiger partial charge in [0.2, 0.25) is 23.6 Å². The lowest BCUT2D eigenvalue weighted by atomic mass is 10.0. The van der Waals surface area contributed by atoms with Crippen molar-refractivity contribution in [2.45, 2.75) is 77.3 Å². The van der Waals surface area contributed by atoms with Crippen molar-refractivity contribution >= 4 is 63.5 Å². The van der Waals surface area contributed by atoms with Crippen molar-refractivity contribution in [3.8, 4) is 11.1 Å². The highest BCUT2D eigenvalue weighted by Gasteiger charge is 2.40. The molecule has 0 aliphatic carbocycles. The number of pyridine rings is 1. The van der Waals surface area contributed by atoms with Gasteiger partial charge >= 0.3 is 0 Å². The molecule has 54 heavy (non-hydrogen) atoms. The van der Waals surface area contributed by atoms with Gasteiger partial charge in [0.05, 0.1) is 5.02 Å². The van der Waals surface area contributed by atoms with Gasteiger partial charge in [0, 0.05) is 91.9 Å². The fourth-order valence-electron chi connectivity index (χ4n) is 7.96. The first-order chi connectivity index (χ1) is 26.1. The predicted octanol–water partition coefficient (Wildman–Crippen LogP) is 5.86. The van der Waals surface area contributed by atoms with E-state index >= 15 is 0 Å². The fourth-order valence-corrected chi connectivity index (χ4v) is 8.33. The molecule has 5 heterocycles. The summed E-state index contributed by atoms with van der Waals surface area (Å²) in [6.45, 7) is 4.21. The van der Waals surface area contributed by atoms with Gasteiger partial charge in [-0.2, -0.15) is 0 Å². The maximum absolute atomic E-state index is 13.3. The van der Waals surface area contributed by atoms with Crippen molar-refractivity contribution in [1.29, 1.82) is 0 Å². The van der Waals surface area contributed by atoms with Crippen molar-refractivity contribution in [1.82, 2.24) is 25.1 Å². The minimum absolute atomic E-state index is 0.0136. The molecule has 2 aromatic carbocycles. The zero-order chi connectivity index (χ0) is 37.9. The number of nitrogens with zero attached hydrogens (tertiary/aromatic N) is 5. The molecule has 3 aliphatic rings. The molecule has 0 saturated carbocycles. The zero-order valence-electron chi connectivity index (χ0n) is 30.8. The Labute approximate surface area is 319 Å². The number of benzene rings is 2. The van der Waals surface area contributed by atoms with Gasteiger partial charge in [-0.15, -0.1) is 0 Å². The fraction of sp³-hybridized carbons (Fsp3) is 0.415. The van der Waals surface area contributed by atoms with Crippen LogP contribution in [0.2, 0.25) is 5.02 Å². The predicted molar refractivity (Wildman–Crippen MR) is 208 cm³/mol. The molecule has 1 unspecified atom stereocenters. The maximum Gasteiger partial charge on any atom is 0.255 e. The van der Waals surface area contributed by atoms with E-state index in [1.165, 1.54) is 0 Å². The molecule has 4 aromatic rings. The summed E-state index contributed by atoms with van der Waals surface area (Å²) in [6.07, 6.45) is 10.2. The molecule has 282 valence electrons. The average Bonchev–Trinajstić information content (AvgIpc) is 3.75. The number of carbonyl (C=O) groups is 5. The summed E-state index contributed by atoms with van der Waals surface area (Å²) >= 11 is 6.87. The Morgan fingerprint density at radius 3 is 2.57 bits per heavy atom. The largest absolute Gasteiger partial charge is 0.374 e. The summed E-state index contributed by atoms with van der Waals surface area (Å²) in [5.41, 5.74) is 6.83. The molecule has 0 radical (unpaired) electrons. The van der Waals surface area contributed by atoms with E-state index < -0.39 is 11.9 Å². The van der Waals surface area contributed by atoms with Crippen molar-refractivity contribution < 1.29 is 24.0 Å². The highest BCUT2D eigenvalue weighted by Crippen LogP contribution is 2.37. The van der Waals surface area contributed by atoms with Gasteiger partial charge in [-0.3, -0.25) is 29.3 Å². The molecule has 1 atom stereocenters. The van der Waals surface area contributed by atoms with Crippen molar-refractivity contribution in [3.63, 3.8) is 0 Å². The third-order valence-electron chi connectivity index (χ3n) is 11.0. The molecule has 2 N–H and O–H groups in total. The lowest BCUT2D eigenvalue weighted by molar-refractivity contribution is -0.137. The molecule has 12 nitrogen and oxygen atoms in total. The first-order valence-electron chi connectivity index (χ1n) is 18.9. The summed E-state index contributed by atoms with van der Waals surface area (Å²) in [6, 6.07) is 12.8. The Hall–Kier alpha value is -5.23. The molecular formula is C41H46ClN7O5. The van der Waals surface area contributed by atoms with E-state index in [0.29, 0.717) is 43.1 Å². The molecular weight excluding hydrogens is 706 g/mol. The van der Waals surface area contributed by atoms with Gasteiger partial charge in [-0.25, -0.2) is 4.98 Å². The Morgan fingerprint density at radius 2 is 1.78 bits per heavy atom. The number of amides is 5. The number of hydrogen-bond donors (Lipinski definition) is 2. The van der Waals surface area contributed by atoms with E-state index in [-0.39, 0.29) is 36.6 Å². The van der Waals surface area contributed by atoms with E-state index in [9.17, 15) is 24.0 Å². The van der Waals surface area contributed by atoms with Crippen LogP contribution in [0.25, 0.3) is 22.2 Å². The molecule has 0 spiro atoms. The van der Waals surface area contributed by atoms with Crippen molar-refractivity contribution in [3.05, 3.63) is 76.6 Å². The summed E-state index contributed by atoms with van der Waals surface area (Å²) in [5, 5.41) is 3.92.